The molecule has 0 radical (unpaired) electrons. The number of nitrogens with one attached hydrogen (secondary N) is 1. The van der Waals surface area contributed by atoms with Crippen molar-refractivity contribution in [1.29, 1.82) is 0 Å². The first-order valence-electron chi connectivity index (χ1n) is 7.15. The van der Waals surface area contributed by atoms with Crippen LogP contribution in [0.25, 0.3) is 0 Å². The average molecular weight is 280 g/mol. The largest absolute Gasteiger partial charge is 0.330 e. The summed E-state index contributed by atoms with van der Waals surface area (Å²) in [5.41, 5.74) is 0.316. The lowest BCUT2D eigenvalue weighted by molar-refractivity contribution is 0.173. The Kier molecular flexibility index (Phi) is 4.77. The fraction of sp³-hybridized carbons (Fsp3) is 0.714. The van der Waals surface area contributed by atoms with Crippen LogP contribution < -0.4 is 16.6 Å². The molecule has 20 heavy (non-hydrogen) atoms. The minimum Gasteiger partial charge on any atom is -0.319 e. The molecule has 0 spiro atoms. The van der Waals surface area contributed by atoms with Gasteiger partial charge < -0.3 is 5.32 Å². The van der Waals surface area contributed by atoms with Gasteiger partial charge in [-0.3, -0.25) is 18.8 Å². The summed E-state index contributed by atoms with van der Waals surface area (Å²) in [4.78, 5) is 25.9. The van der Waals surface area contributed by atoms with Gasteiger partial charge in [0, 0.05) is 32.4 Å². The third kappa shape index (κ3) is 3.19. The molecule has 0 aromatic carbocycles. The van der Waals surface area contributed by atoms with Crippen LogP contribution in [-0.4, -0.2) is 40.7 Å². The molecule has 6 nitrogen and oxygen atoms in total. The Morgan fingerprint density at radius 3 is 2.45 bits per heavy atom. The van der Waals surface area contributed by atoms with Gasteiger partial charge in [-0.25, -0.2) is 4.79 Å². The smallest absolute Gasteiger partial charge is 0.319 e. The van der Waals surface area contributed by atoms with Crippen LogP contribution in [0.3, 0.4) is 0 Å². The van der Waals surface area contributed by atoms with Crippen LogP contribution in [0, 0.1) is 5.92 Å². The Labute approximate surface area is 119 Å². The van der Waals surface area contributed by atoms with Gasteiger partial charge in [0.05, 0.1) is 0 Å². The lowest BCUT2D eigenvalue weighted by Gasteiger charge is -2.32. The van der Waals surface area contributed by atoms with Crippen molar-refractivity contribution in [2.45, 2.75) is 19.4 Å². The first-order chi connectivity index (χ1) is 9.52. The Balaban J connectivity index is 2.05. The number of hydrogen-bond acceptors (Lipinski definition) is 4. The molecule has 1 aromatic rings. The Morgan fingerprint density at radius 1 is 1.20 bits per heavy atom. The topological polar surface area (TPSA) is 59.3 Å². The maximum atomic E-state index is 11.9. The Bertz CT molecular complexity index is 568. The first-order valence-corrected chi connectivity index (χ1v) is 7.15. The van der Waals surface area contributed by atoms with Gasteiger partial charge in [0.25, 0.3) is 5.56 Å². The van der Waals surface area contributed by atoms with Crippen LogP contribution in [0.2, 0.25) is 0 Å². The second-order valence-electron chi connectivity index (χ2n) is 5.65. The molecule has 1 fully saturated rings. The van der Waals surface area contributed by atoms with Gasteiger partial charge in [0.2, 0.25) is 0 Å². The molecule has 1 aliphatic rings. The molecule has 0 amide bonds. The molecular weight excluding hydrogens is 256 g/mol. The molecule has 0 unspecified atom stereocenters. The van der Waals surface area contributed by atoms with E-state index in [2.05, 4.69) is 10.2 Å². The van der Waals surface area contributed by atoms with E-state index in [1.54, 1.807) is 17.7 Å². The van der Waals surface area contributed by atoms with E-state index in [9.17, 15) is 9.59 Å². The lowest BCUT2D eigenvalue weighted by Crippen LogP contribution is -2.41. The maximum Gasteiger partial charge on any atom is 0.330 e. The molecule has 0 aliphatic carbocycles. The van der Waals surface area contributed by atoms with E-state index in [4.69, 9.17) is 0 Å². The zero-order valence-corrected chi connectivity index (χ0v) is 12.6. The summed E-state index contributed by atoms with van der Waals surface area (Å²) in [6.07, 6.45) is 2.33. The van der Waals surface area contributed by atoms with Gasteiger partial charge in [-0.15, -0.1) is 0 Å². The van der Waals surface area contributed by atoms with E-state index in [0.29, 0.717) is 6.54 Å². The molecule has 2 heterocycles. The quantitative estimate of drug-likeness (QED) is 0.809. The van der Waals surface area contributed by atoms with Gasteiger partial charge in [-0.1, -0.05) is 0 Å². The van der Waals surface area contributed by atoms with Crippen LogP contribution in [-0.2, 0) is 20.6 Å². The highest BCUT2D eigenvalue weighted by molar-refractivity contribution is 5.02. The minimum atomic E-state index is -0.252. The van der Waals surface area contributed by atoms with Crippen molar-refractivity contribution < 1.29 is 0 Å². The normalized spacial score (nSPS) is 17.6. The monoisotopic (exact) mass is 280 g/mol. The lowest BCUT2D eigenvalue weighted by atomic mass is 9.97. The number of rotatable bonds is 4. The molecule has 1 saturated heterocycles. The summed E-state index contributed by atoms with van der Waals surface area (Å²) >= 11 is 0. The second-order valence-corrected chi connectivity index (χ2v) is 5.65. The van der Waals surface area contributed by atoms with E-state index in [0.717, 1.165) is 35.8 Å². The summed E-state index contributed by atoms with van der Waals surface area (Å²) in [6.45, 7) is 3.79. The van der Waals surface area contributed by atoms with E-state index in [-0.39, 0.29) is 11.2 Å². The van der Waals surface area contributed by atoms with Gasteiger partial charge in [-0.2, -0.15) is 0 Å². The van der Waals surface area contributed by atoms with Crippen molar-refractivity contribution in [3.8, 4) is 0 Å². The zero-order valence-electron chi connectivity index (χ0n) is 12.6. The first kappa shape index (κ1) is 15.0. The minimum absolute atomic E-state index is 0.229. The third-order valence-corrected chi connectivity index (χ3v) is 4.21. The van der Waals surface area contributed by atoms with Crippen LogP contribution in [0.1, 0.15) is 18.5 Å². The van der Waals surface area contributed by atoms with Crippen LogP contribution in [0.15, 0.2) is 15.7 Å². The van der Waals surface area contributed by atoms with Crippen molar-refractivity contribution in [2.24, 2.45) is 20.0 Å². The van der Waals surface area contributed by atoms with Gasteiger partial charge >= 0.3 is 5.69 Å². The predicted molar refractivity (Wildman–Crippen MR) is 78.9 cm³/mol. The highest BCUT2D eigenvalue weighted by Gasteiger charge is 2.19. The number of nitrogens with zero attached hydrogens (tertiary/aromatic N) is 3. The molecule has 1 aromatic heterocycles. The zero-order chi connectivity index (χ0) is 14.7. The van der Waals surface area contributed by atoms with E-state index in [1.165, 1.54) is 19.9 Å². The Morgan fingerprint density at radius 2 is 1.85 bits per heavy atom. The van der Waals surface area contributed by atoms with Crippen molar-refractivity contribution in [1.82, 2.24) is 19.4 Å². The molecule has 1 N–H and O–H groups in total. The van der Waals surface area contributed by atoms with Crippen molar-refractivity contribution in [2.75, 3.05) is 26.7 Å². The standard InChI is InChI=1S/C14H24N4O2/c1-15-9-11-4-6-18(7-5-11)10-12-8-13(19)17(3)14(20)16(12)2/h8,11,15H,4-7,9-10H2,1-3H3. The molecule has 112 valence electrons. The number of likely N-dealkylation sites (tertiary alicyclic amines) is 1. The third-order valence-electron chi connectivity index (χ3n) is 4.21. The second kappa shape index (κ2) is 6.37. The van der Waals surface area contributed by atoms with E-state index in [1.807, 2.05) is 7.05 Å². The molecule has 6 heteroatoms. The molecular formula is C14H24N4O2. The van der Waals surface area contributed by atoms with Crippen LogP contribution >= 0.6 is 0 Å². The van der Waals surface area contributed by atoms with Crippen LogP contribution in [0.4, 0.5) is 0 Å². The predicted octanol–water partition coefficient (Wildman–Crippen LogP) is -0.485. The summed E-state index contributed by atoms with van der Waals surface area (Å²) in [5, 5.41) is 3.22. The molecule has 1 aliphatic heterocycles. The summed E-state index contributed by atoms with van der Waals surface area (Å²) < 4.78 is 2.71. The SMILES string of the molecule is CNCC1CCN(Cc2cc(=O)n(C)c(=O)n2C)CC1. The Hall–Kier alpha value is -1.40. The number of hydrogen-bond donors (Lipinski definition) is 1. The molecule has 0 bridgehead atoms. The van der Waals surface area contributed by atoms with Crippen molar-refractivity contribution >= 4 is 0 Å². The summed E-state index contributed by atoms with van der Waals surface area (Å²) in [6, 6.07) is 1.57. The highest BCUT2D eigenvalue weighted by atomic mass is 16.2. The number of aromatic nitrogens is 2. The van der Waals surface area contributed by atoms with Crippen LogP contribution in [0.5, 0.6) is 0 Å². The van der Waals surface area contributed by atoms with Gasteiger partial charge in [-0.05, 0) is 45.4 Å². The molecule has 0 atom stereocenters. The fourth-order valence-corrected chi connectivity index (χ4v) is 2.80. The number of piperidine rings is 1. The van der Waals surface area contributed by atoms with Crippen molar-refractivity contribution in [3.63, 3.8) is 0 Å². The molecule has 2 rings (SSSR count). The van der Waals surface area contributed by atoms with Gasteiger partial charge in [0.15, 0.2) is 0 Å². The highest BCUT2D eigenvalue weighted by Crippen LogP contribution is 2.17. The maximum absolute atomic E-state index is 11.9. The fourth-order valence-electron chi connectivity index (χ4n) is 2.80. The average Bonchev–Trinajstić information content (AvgIpc) is 2.45. The van der Waals surface area contributed by atoms with Crippen molar-refractivity contribution in [3.05, 3.63) is 32.6 Å². The summed E-state index contributed by atoms with van der Waals surface area (Å²) in [7, 11) is 5.23. The van der Waals surface area contributed by atoms with E-state index < -0.39 is 0 Å². The summed E-state index contributed by atoms with van der Waals surface area (Å²) in [5.74, 6) is 0.740. The van der Waals surface area contributed by atoms with Gasteiger partial charge in [0.1, 0.15) is 0 Å². The van der Waals surface area contributed by atoms with E-state index >= 15 is 0 Å². The molecule has 0 saturated carbocycles.